The van der Waals surface area contributed by atoms with Gasteiger partial charge in [-0.05, 0) is 55.1 Å². The molecule has 0 fully saturated rings. The summed E-state index contributed by atoms with van der Waals surface area (Å²) in [5, 5.41) is 3.40. The van der Waals surface area contributed by atoms with Gasteiger partial charge < -0.3 is 10.1 Å². The average Bonchev–Trinajstić information content (AvgIpc) is 2.39. The van der Waals surface area contributed by atoms with Crippen LogP contribution in [0.3, 0.4) is 0 Å². The maximum absolute atomic E-state index is 5.81. The zero-order chi connectivity index (χ0) is 15.2. The minimum Gasteiger partial charge on any atom is -0.439 e. The lowest BCUT2D eigenvalue weighted by molar-refractivity contribution is 0.461. The number of nitrogens with zero attached hydrogens (tertiary/aromatic N) is 1. The number of benzene rings is 1. The largest absolute Gasteiger partial charge is 0.439 e. The molecular weight excluding hydrogens is 260 g/mol. The summed E-state index contributed by atoms with van der Waals surface area (Å²) in [6.07, 6.45) is 1.87. The van der Waals surface area contributed by atoms with E-state index in [9.17, 15) is 0 Å². The minimum atomic E-state index is 0.632. The summed E-state index contributed by atoms with van der Waals surface area (Å²) in [5.74, 6) is 2.13. The van der Waals surface area contributed by atoms with E-state index in [2.05, 4.69) is 50.1 Å². The number of pyridine rings is 1. The van der Waals surface area contributed by atoms with Gasteiger partial charge in [-0.1, -0.05) is 26.0 Å². The molecule has 3 heteroatoms. The van der Waals surface area contributed by atoms with Crippen LogP contribution in [-0.4, -0.2) is 11.5 Å². The Morgan fingerprint density at radius 3 is 2.38 bits per heavy atom. The van der Waals surface area contributed by atoms with Gasteiger partial charge in [0.05, 0.1) is 0 Å². The lowest BCUT2D eigenvalue weighted by Gasteiger charge is -2.09. The van der Waals surface area contributed by atoms with Gasteiger partial charge in [0.2, 0.25) is 5.88 Å². The van der Waals surface area contributed by atoms with Crippen LogP contribution in [0.15, 0.2) is 36.5 Å². The predicted octanol–water partition coefficient (Wildman–Crippen LogP) is 4.24. The van der Waals surface area contributed by atoms with E-state index in [-0.39, 0.29) is 0 Å². The zero-order valence-corrected chi connectivity index (χ0v) is 13.3. The number of hydrogen-bond acceptors (Lipinski definition) is 3. The molecule has 1 aromatic carbocycles. The van der Waals surface area contributed by atoms with E-state index in [1.54, 1.807) is 0 Å². The Bertz CT molecular complexity index is 556. The van der Waals surface area contributed by atoms with E-state index in [0.29, 0.717) is 11.8 Å². The van der Waals surface area contributed by atoms with E-state index in [0.717, 1.165) is 18.8 Å². The van der Waals surface area contributed by atoms with Crippen molar-refractivity contribution in [1.29, 1.82) is 0 Å². The predicted molar refractivity (Wildman–Crippen MR) is 86.8 cm³/mol. The third-order valence-electron chi connectivity index (χ3n) is 3.10. The number of aryl methyl sites for hydroxylation is 2. The molecule has 1 N–H and O–H groups in total. The molecule has 112 valence electrons. The molecule has 0 unspecified atom stereocenters. The summed E-state index contributed by atoms with van der Waals surface area (Å²) < 4.78 is 5.81. The van der Waals surface area contributed by atoms with Crippen LogP contribution in [0.1, 0.15) is 30.5 Å². The van der Waals surface area contributed by atoms with E-state index in [1.165, 1.54) is 16.7 Å². The van der Waals surface area contributed by atoms with Crippen LogP contribution in [0.25, 0.3) is 0 Å². The highest BCUT2D eigenvalue weighted by Crippen LogP contribution is 2.22. The first-order chi connectivity index (χ1) is 10.0. The van der Waals surface area contributed by atoms with Crippen molar-refractivity contribution in [2.75, 3.05) is 6.54 Å². The second-order valence-corrected chi connectivity index (χ2v) is 5.95. The summed E-state index contributed by atoms with van der Waals surface area (Å²) in [6.45, 7) is 10.4. The van der Waals surface area contributed by atoms with Crippen LogP contribution in [-0.2, 0) is 6.54 Å². The highest BCUT2D eigenvalue weighted by Gasteiger charge is 2.01. The zero-order valence-electron chi connectivity index (χ0n) is 13.3. The summed E-state index contributed by atoms with van der Waals surface area (Å²) in [7, 11) is 0. The van der Waals surface area contributed by atoms with Crippen molar-refractivity contribution < 1.29 is 4.74 Å². The van der Waals surface area contributed by atoms with E-state index in [1.807, 2.05) is 24.4 Å². The molecule has 2 rings (SSSR count). The van der Waals surface area contributed by atoms with Crippen molar-refractivity contribution in [2.24, 2.45) is 5.92 Å². The Kier molecular flexibility index (Phi) is 5.34. The average molecular weight is 284 g/mol. The Balaban J connectivity index is 1.95. The molecule has 2 aromatic rings. The summed E-state index contributed by atoms with van der Waals surface area (Å²) in [5.41, 5.74) is 3.56. The van der Waals surface area contributed by atoms with Gasteiger partial charge in [-0.15, -0.1) is 0 Å². The van der Waals surface area contributed by atoms with Gasteiger partial charge in [-0.25, -0.2) is 4.98 Å². The topological polar surface area (TPSA) is 34.1 Å². The first kappa shape index (κ1) is 15.5. The Morgan fingerprint density at radius 1 is 1.10 bits per heavy atom. The molecule has 0 spiro atoms. The van der Waals surface area contributed by atoms with E-state index >= 15 is 0 Å². The van der Waals surface area contributed by atoms with Crippen LogP contribution in [0, 0.1) is 19.8 Å². The molecule has 1 heterocycles. The number of ether oxygens (including phenoxy) is 1. The summed E-state index contributed by atoms with van der Waals surface area (Å²) >= 11 is 0. The molecule has 0 radical (unpaired) electrons. The second-order valence-electron chi connectivity index (χ2n) is 5.95. The van der Waals surface area contributed by atoms with Crippen molar-refractivity contribution in [1.82, 2.24) is 10.3 Å². The van der Waals surface area contributed by atoms with Crippen molar-refractivity contribution in [3.63, 3.8) is 0 Å². The molecule has 21 heavy (non-hydrogen) atoms. The molecule has 0 aliphatic carbocycles. The SMILES string of the molecule is Cc1cc(C)cc(Oc2ccc(CNCC(C)C)cn2)c1. The van der Waals surface area contributed by atoms with Crippen molar-refractivity contribution >= 4 is 0 Å². The van der Waals surface area contributed by atoms with Crippen LogP contribution in [0.2, 0.25) is 0 Å². The van der Waals surface area contributed by atoms with Gasteiger partial charge in [0, 0.05) is 18.8 Å². The first-order valence-electron chi connectivity index (χ1n) is 7.45. The fourth-order valence-corrected chi connectivity index (χ4v) is 2.19. The van der Waals surface area contributed by atoms with Crippen molar-refractivity contribution in [3.05, 3.63) is 53.2 Å². The van der Waals surface area contributed by atoms with E-state index in [4.69, 9.17) is 4.74 Å². The standard InChI is InChI=1S/C18H24N2O/c1-13(2)10-19-11-16-5-6-18(20-12-16)21-17-8-14(3)7-15(4)9-17/h5-9,12-13,19H,10-11H2,1-4H3. The minimum absolute atomic E-state index is 0.632. The Morgan fingerprint density at radius 2 is 1.81 bits per heavy atom. The van der Waals surface area contributed by atoms with Crippen molar-refractivity contribution in [3.8, 4) is 11.6 Å². The first-order valence-corrected chi connectivity index (χ1v) is 7.45. The third-order valence-corrected chi connectivity index (χ3v) is 3.10. The molecule has 3 nitrogen and oxygen atoms in total. The van der Waals surface area contributed by atoms with Crippen molar-refractivity contribution in [2.45, 2.75) is 34.2 Å². The molecule has 0 saturated heterocycles. The fourth-order valence-electron chi connectivity index (χ4n) is 2.19. The summed E-state index contributed by atoms with van der Waals surface area (Å²) in [4.78, 5) is 4.37. The van der Waals surface area contributed by atoms with Crippen LogP contribution < -0.4 is 10.1 Å². The van der Waals surface area contributed by atoms with Crippen LogP contribution >= 0.6 is 0 Å². The number of rotatable bonds is 6. The molecule has 0 bridgehead atoms. The molecular formula is C18H24N2O. The monoisotopic (exact) mass is 284 g/mol. The smallest absolute Gasteiger partial charge is 0.219 e. The molecule has 0 atom stereocenters. The highest BCUT2D eigenvalue weighted by molar-refractivity contribution is 5.35. The van der Waals surface area contributed by atoms with Gasteiger partial charge in [-0.3, -0.25) is 0 Å². The lowest BCUT2D eigenvalue weighted by atomic mass is 10.1. The number of nitrogens with one attached hydrogen (secondary N) is 1. The molecule has 0 aliphatic heterocycles. The molecule has 0 saturated carbocycles. The molecule has 1 aromatic heterocycles. The van der Waals surface area contributed by atoms with Gasteiger partial charge in [-0.2, -0.15) is 0 Å². The Hall–Kier alpha value is -1.87. The van der Waals surface area contributed by atoms with Crippen LogP contribution in [0.5, 0.6) is 11.6 Å². The number of hydrogen-bond donors (Lipinski definition) is 1. The second kappa shape index (κ2) is 7.23. The van der Waals surface area contributed by atoms with E-state index < -0.39 is 0 Å². The summed E-state index contributed by atoms with van der Waals surface area (Å²) in [6, 6.07) is 10.1. The maximum Gasteiger partial charge on any atom is 0.219 e. The lowest BCUT2D eigenvalue weighted by Crippen LogP contribution is -2.18. The van der Waals surface area contributed by atoms with Gasteiger partial charge in [0.25, 0.3) is 0 Å². The molecule has 0 amide bonds. The van der Waals surface area contributed by atoms with Gasteiger partial charge >= 0.3 is 0 Å². The van der Waals surface area contributed by atoms with Gasteiger partial charge in [0.15, 0.2) is 0 Å². The molecule has 0 aliphatic rings. The third kappa shape index (κ3) is 5.20. The number of aromatic nitrogens is 1. The maximum atomic E-state index is 5.81. The fraction of sp³-hybridized carbons (Fsp3) is 0.389. The Labute approximate surface area is 127 Å². The highest BCUT2D eigenvalue weighted by atomic mass is 16.5. The van der Waals surface area contributed by atoms with Crippen LogP contribution in [0.4, 0.5) is 0 Å². The normalized spacial score (nSPS) is 10.9. The quantitative estimate of drug-likeness (QED) is 0.861. The van der Waals surface area contributed by atoms with Gasteiger partial charge in [0.1, 0.15) is 5.75 Å².